The molecule has 1 aromatic heterocycles. The van der Waals surface area contributed by atoms with Gasteiger partial charge in [0.1, 0.15) is 6.04 Å². The average molecular weight is 342 g/mol. The molecule has 1 amide bonds. The van der Waals surface area contributed by atoms with Crippen molar-refractivity contribution in [2.45, 2.75) is 38.1 Å². The molecule has 0 aliphatic carbocycles. The zero-order valence-corrected chi connectivity index (χ0v) is 15.2. The molecule has 0 saturated carbocycles. The topological polar surface area (TPSA) is 62.5 Å². The average Bonchev–Trinajstić information content (AvgIpc) is 3.12. The first-order valence-electron chi connectivity index (χ1n) is 8.92. The van der Waals surface area contributed by atoms with E-state index in [1.165, 1.54) is 0 Å². The van der Waals surface area contributed by atoms with Crippen molar-refractivity contribution in [3.8, 4) is 0 Å². The summed E-state index contributed by atoms with van der Waals surface area (Å²) in [6.07, 6.45) is 2.69. The van der Waals surface area contributed by atoms with Crippen LogP contribution in [0.5, 0.6) is 0 Å². The number of hydrogen-bond donors (Lipinski definition) is 0. The van der Waals surface area contributed by atoms with Gasteiger partial charge in [-0.2, -0.15) is 4.98 Å². The van der Waals surface area contributed by atoms with Crippen molar-refractivity contribution in [3.05, 3.63) is 47.6 Å². The lowest BCUT2D eigenvalue weighted by molar-refractivity contribution is -0.137. The highest BCUT2D eigenvalue weighted by Crippen LogP contribution is 2.28. The first-order valence-corrected chi connectivity index (χ1v) is 8.92. The molecule has 0 bridgehead atoms. The summed E-state index contributed by atoms with van der Waals surface area (Å²) in [5.74, 6) is 1.69. The summed E-state index contributed by atoms with van der Waals surface area (Å²) < 4.78 is 5.24. The SMILES string of the molecule is CCc1nc(C2CCCN(C(=O)C(c3ccccc3)N(C)C)C2)no1. The standard InChI is InChI=1S/C19H26N4O2/c1-4-16-20-18(21-25-16)15-11-8-12-23(13-15)19(24)17(22(2)3)14-9-6-5-7-10-14/h5-7,9-10,15,17H,4,8,11-13H2,1-3H3. The summed E-state index contributed by atoms with van der Waals surface area (Å²) in [7, 11) is 3.90. The molecule has 2 heterocycles. The maximum atomic E-state index is 13.2. The highest BCUT2D eigenvalue weighted by molar-refractivity contribution is 5.83. The van der Waals surface area contributed by atoms with E-state index in [1.807, 2.05) is 61.2 Å². The van der Waals surface area contributed by atoms with Gasteiger partial charge in [-0.1, -0.05) is 42.4 Å². The zero-order chi connectivity index (χ0) is 17.8. The van der Waals surface area contributed by atoms with Crippen LogP contribution >= 0.6 is 0 Å². The Labute approximate surface area is 148 Å². The fraction of sp³-hybridized carbons (Fsp3) is 0.526. The molecule has 0 radical (unpaired) electrons. The number of piperidine rings is 1. The molecule has 1 aromatic carbocycles. The monoisotopic (exact) mass is 342 g/mol. The van der Waals surface area contributed by atoms with E-state index >= 15 is 0 Å². The van der Waals surface area contributed by atoms with Gasteiger partial charge in [-0.15, -0.1) is 0 Å². The second-order valence-corrected chi connectivity index (χ2v) is 6.80. The Morgan fingerprint density at radius 3 is 2.76 bits per heavy atom. The Balaban J connectivity index is 1.76. The fourth-order valence-corrected chi connectivity index (χ4v) is 3.44. The molecule has 3 rings (SSSR count). The quantitative estimate of drug-likeness (QED) is 0.836. The Bertz CT molecular complexity index is 698. The number of rotatable bonds is 5. The third-order valence-electron chi connectivity index (χ3n) is 4.75. The van der Waals surface area contributed by atoms with E-state index < -0.39 is 0 Å². The molecular weight excluding hydrogens is 316 g/mol. The number of likely N-dealkylation sites (tertiary alicyclic amines) is 1. The van der Waals surface area contributed by atoms with Crippen LogP contribution in [-0.2, 0) is 11.2 Å². The van der Waals surface area contributed by atoms with Crippen LogP contribution in [0.1, 0.15) is 49.0 Å². The van der Waals surface area contributed by atoms with Crippen molar-refractivity contribution >= 4 is 5.91 Å². The number of aromatic nitrogens is 2. The van der Waals surface area contributed by atoms with Gasteiger partial charge in [-0.05, 0) is 32.5 Å². The van der Waals surface area contributed by atoms with Gasteiger partial charge in [-0.3, -0.25) is 9.69 Å². The molecule has 1 aliphatic heterocycles. The number of carbonyl (C=O) groups excluding carboxylic acids is 1. The van der Waals surface area contributed by atoms with E-state index in [9.17, 15) is 4.79 Å². The van der Waals surface area contributed by atoms with Crippen LogP contribution in [-0.4, -0.2) is 53.0 Å². The minimum Gasteiger partial charge on any atom is -0.340 e. The van der Waals surface area contributed by atoms with Crippen LogP contribution in [0.4, 0.5) is 0 Å². The van der Waals surface area contributed by atoms with Gasteiger partial charge < -0.3 is 9.42 Å². The minimum atomic E-state index is -0.267. The molecule has 1 saturated heterocycles. The molecule has 2 unspecified atom stereocenters. The predicted molar refractivity (Wildman–Crippen MR) is 95.1 cm³/mol. The highest BCUT2D eigenvalue weighted by Gasteiger charge is 2.33. The molecular formula is C19H26N4O2. The molecule has 1 aliphatic rings. The first-order chi connectivity index (χ1) is 12.1. The summed E-state index contributed by atoms with van der Waals surface area (Å²) in [6.45, 7) is 3.43. The number of carbonyl (C=O) groups is 1. The normalized spacial score (nSPS) is 19.2. The third-order valence-corrected chi connectivity index (χ3v) is 4.75. The van der Waals surface area contributed by atoms with Crippen LogP contribution < -0.4 is 0 Å². The van der Waals surface area contributed by atoms with E-state index in [2.05, 4.69) is 10.1 Å². The Kier molecular flexibility index (Phi) is 5.48. The Hall–Kier alpha value is -2.21. The first kappa shape index (κ1) is 17.6. The highest BCUT2D eigenvalue weighted by atomic mass is 16.5. The van der Waals surface area contributed by atoms with Crippen LogP contribution in [0, 0.1) is 0 Å². The number of nitrogens with zero attached hydrogens (tertiary/aromatic N) is 4. The number of benzene rings is 1. The second kappa shape index (κ2) is 7.78. The molecule has 2 atom stereocenters. The van der Waals surface area contributed by atoms with Crippen molar-refractivity contribution in [2.24, 2.45) is 0 Å². The van der Waals surface area contributed by atoms with Crippen LogP contribution in [0.3, 0.4) is 0 Å². The summed E-state index contributed by atoms with van der Waals surface area (Å²) in [5.41, 5.74) is 1.02. The predicted octanol–water partition coefficient (Wildman–Crippen LogP) is 2.64. The van der Waals surface area contributed by atoms with Crippen LogP contribution in [0.25, 0.3) is 0 Å². The third kappa shape index (κ3) is 3.90. The van der Waals surface area contributed by atoms with Crippen molar-refractivity contribution < 1.29 is 9.32 Å². The van der Waals surface area contributed by atoms with E-state index in [0.29, 0.717) is 12.4 Å². The fourth-order valence-electron chi connectivity index (χ4n) is 3.44. The summed E-state index contributed by atoms with van der Waals surface area (Å²) in [4.78, 5) is 21.6. The summed E-state index contributed by atoms with van der Waals surface area (Å²) in [5, 5.41) is 4.11. The summed E-state index contributed by atoms with van der Waals surface area (Å²) in [6, 6.07) is 9.68. The largest absolute Gasteiger partial charge is 0.340 e. The van der Waals surface area contributed by atoms with Gasteiger partial charge in [0.25, 0.3) is 0 Å². The number of amides is 1. The van der Waals surface area contributed by atoms with Crippen LogP contribution in [0.2, 0.25) is 0 Å². The molecule has 6 heteroatoms. The van der Waals surface area contributed by atoms with E-state index in [0.717, 1.165) is 37.2 Å². The van der Waals surface area contributed by atoms with Gasteiger partial charge in [0.2, 0.25) is 11.8 Å². The second-order valence-electron chi connectivity index (χ2n) is 6.80. The Morgan fingerprint density at radius 2 is 2.12 bits per heavy atom. The molecule has 134 valence electrons. The van der Waals surface area contributed by atoms with E-state index in [1.54, 1.807) is 0 Å². The maximum absolute atomic E-state index is 13.2. The van der Waals surface area contributed by atoms with Crippen LogP contribution in [0.15, 0.2) is 34.9 Å². The number of hydrogen-bond acceptors (Lipinski definition) is 5. The smallest absolute Gasteiger partial charge is 0.244 e. The lowest BCUT2D eigenvalue weighted by Crippen LogP contribution is -2.45. The van der Waals surface area contributed by atoms with Crippen molar-refractivity contribution in [1.82, 2.24) is 19.9 Å². The molecule has 0 spiro atoms. The van der Waals surface area contributed by atoms with Crippen molar-refractivity contribution in [3.63, 3.8) is 0 Å². The molecule has 6 nitrogen and oxygen atoms in total. The van der Waals surface area contributed by atoms with Gasteiger partial charge in [0.15, 0.2) is 5.82 Å². The molecule has 25 heavy (non-hydrogen) atoms. The lowest BCUT2D eigenvalue weighted by atomic mass is 9.95. The molecule has 2 aromatic rings. The maximum Gasteiger partial charge on any atom is 0.244 e. The van der Waals surface area contributed by atoms with Gasteiger partial charge in [-0.25, -0.2) is 0 Å². The van der Waals surface area contributed by atoms with E-state index in [-0.39, 0.29) is 17.9 Å². The minimum absolute atomic E-state index is 0.139. The number of aryl methyl sites for hydroxylation is 1. The van der Waals surface area contributed by atoms with Crippen molar-refractivity contribution in [2.75, 3.05) is 27.2 Å². The number of likely N-dealkylation sites (N-methyl/N-ethyl adjacent to an activating group) is 1. The van der Waals surface area contributed by atoms with Crippen molar-refractivity contribution in [1.29, 1.82) is 0 Å². The Morgan fingerprint density at radius 1 is 1.36 bits per heavy atom. The van der Waals surface area contributed by atoms with E-state index in [4.69, 9.17) is 4.52 Å². The summed E-state index contributed by atoms with van der Waals surface area (Å²) >= 11 is 0. The van der Waals surface area contributed by atoms with Gasteiger partial charge in [0.05, 0.1) is 0 Å². The molecule has 1 fully saturated rings. The zero-order valence-electron chi connectivity index (χ0n) is 15.2. The van der Waals surface area contributed by atoms with Gasteiger partial charge >= 0.3 is 0 Å². The van der Waals surface area contributed by atoms with Gasteiger partial charge in [0, 0.05) is 25.4 Å². The molecule has 0 N–H and O–H groups in total. The lowest BCUT2D eigenvalue weighted by Gasteiger charge is -2.35.